The van der Waals surface area contributed by atoms with E-state index in [1.54, 1.807) is 24.5 Å². The van der Waals surface area contributed by atoms with Gasteiger partial charge in [0.25, 0.3) is 0 Å². The molecule has 1 saturated heterocycles. The number of pyridine rings is 1. The zero-order valence-electron chi connectivity index (χ0n) is 13.6. The molecular formula is C17H17N3O4S. The van der Waals surface area contributed by atoms with Crippen LogP contribution in [0.4, 0.5) is 5.69 Å². The number of benzene rings is 1. The number of imide groups is 1. The fourth-order valence-corrected chi connectivity index (χ4v) is 3.80. The lowest BCUT2D eigenvalue weighted by atomic mass is 10.3. The van der Waals surface area contributed by atoms with Crippen LogP contribution in [0.1, 0.15) is 18.4 Å². The summed E-state index contributed by atoms with van der Waals surface area (Å²) in [6, 6.07) is 9.31. The number of hydrogen-bond acceptors (Lipinski definition) is 5. The number of hydrogen-bond donors (Lipinski definition) is 0. The number of rotatable bonds is 5. The molecule has 2 amide bonds. The molecule has 0 saturated carbocycles. The van der Waals surface area contributed by atoms with Gasteiger partial charge in [-0.05, 0) is 35.9 Å². The van der Waals surface area contributed by atoms with Crippen LogP contribution >= 0.6 is 0 Å². The second-order valence-corrected chi connectivity index (χ2v) is 7.78. The van der Waals surface area contributed by atoms with Crippen LogP contribution in [0, 0.1) is 0 Å². The number of sulfonamides is 1. The molecule has 130 valence electrons. The van der Waals surface area contributed by atoms with Crippen LogP contribution in [0.5, 0.6) is 0 Å². The van der Waals surface area contributed by atoms with Crippen LogP contribution in [0.2, 0.25) is 0 Å². The van der Waals surface area contributed by atoms with Gasteiger partial charge in [0.15, 0.2) is 0 Å². The minimum Gasteiger partial charge on any atom is -0.274 e. The summed E-state index contributed by atoms with van der Waals surface area (Å²) in [5.74, 6) is -0.538. The van der Waals surface area contributed by atoms with Gasteiger partial charge in [-0.3, -0.25) is 19.5 Å². The Morgan fingerprint density at radius 1 is 1.08 bits per heavy atom. The Morgan fingerprint density at radius 2 is 1.72 bits per heavy atom. The first kappa shape index (κ1) is 17.2. The molecule has 1 aliphatic heterocycles. The van der Waals surface area contributed by atoms with Gasteiger partial charge in [-0.15, -0.1) is 0 Å². The second-order valence-electron chi connectivity index (χ2n) is 5.74. The Kier molecular flexibility index (Phi) is 4.65. The lowest BCUT2D eigenvalue weighted by molar-refractivity contribution is -0.121. The van der Waals surface area contributed by atoms with Crippen LogP contribution in [-0.4, -0.2) is 36.6 Å². The van der Waals surface area contributed by atoms with Gasteiger partial charge in [-0.2, -0.15) is 4.31 Å². The van der Waals surface area contributed by atoms with Crippen molar-refractivity contribution in [3.05, 3.63) is 54.4 Å². The van der Waals surface area contributed by atoms with E-state index in [2.05, 4.69) is 4.98 Å². The Bertz CT molecular complexity index is 879. The summed E-state index contributed by atoms with van der Waals surface area (Å²) in [6.45, 7) is 0.195. The first-order valence-corrected chi connectivity index (χ1v) is 9.15. The Balaban J connectivity index is 1.81. The molecule has 0 aliphatic carbocycles. The molecule has 25 heavy (non-hydrogen) atoms. The van der Waals surface area contributed by atoms with Crippen molar-refractivity contribution >= 4 is 27.5 Å². The monoisotopic (exact) mass is 359 g/mol. The number of amides is 2. The van der Waals surface area contributed by atoms with Gasteiger partial charge in [-0.25, -0.2) is 8.42 Å². The third-order valence-electron chi connectivity index (χ3n) is 3.98. The molecule has 0 radical (unpaired) electrons. The number of anilines is 1. The van der Waals surface area contributed by atoms with E-state index in [-0.39, 0.29) is 36.1 Å². The van der Waals surface area contributed by atoms with Crippen molar-refractivity contribution in [3.8, 4) is 0 Å². The van der Waals surface area contributed by atoms with Gasteiger partial charge in [-0.1, -0.05) is 6.07 Å². The van der Waals surface area contributed by atoms with Gasteiger partial charge in [0, 0.05) is 38.8 Å². The van der Waals surface area contributed by atoms with Crippen molar-refractivity contribution in [1.82, 2.24) is 9.29 Å². The summed E-state index contributed by atoms with van der Waals surface area (Å²) in [6.07, 6.45) is 3.61. The molecule has 0 spiro atoms. The second kappa shape index (κ2) is 6.73. The summed E-state index contributed by atoms with van der Waals surface area (Å²) >= 11 is 0. The third kappa shape index (κ3) is 3.45. The Hall–Kier alpha value is -2.58. The molecule has 1 aromatic heterocycles. The standard InChI is InChI=1S/C17H17N3O4S/c1-19(12-13-3-2-10-18-11-13)25(23,24)15-6-4-14(5-7-15)20-16(21)8-9-17(20)22/h2-7,10-11H,8-9,12H2,1H3. The highest BCUT2D eigenvalue weighted by Gasteiger charge is 2.30. The maximum atomic E-state index is 12.7. The van der Waals surface area contributed by atoms with E-state index in [9.17, 15) is 18.0 Å². The Morgan fingerprint density at radius 3 is 2.28 bits per heavy atom. The maximum absolute atomic E-state index is 12.7. The van der Waals surface area contributed by atoms with Crippen molar-refractivity contribution in [3.63, 3.8) is 0 Å². The zero-order chi connectivity index (χ0) is 18.0. The lowest BCUT2D eigenvalue weighted by Gasteiger charge is -2.18. The molecule has 7 nitrogen and oxygen atoms in total. The van der Waals surface area contributed by atoms with E-state index in [0.29, 0.717) is 5.69 Å². The molecule has 8 heteroatoms. The molecule has 1 fully saturated rings. The molecule has 2 heterocycles. The average Bonchev–Trinajstić information content (AvgIpc) is 2.94. The number of carbonyl (C=O) groups is 2. The molecular weight excluding hydrogens is 342 g/mol. The molecule has 0 bridgehead atoms. The zero-order valence-corrected chi connectivity index (χ0v) is 14.4. The summed E-state index contributed by atoms with van der Waals surface area (Å²) in [7, 11) is -2.20. The molecule has 0 atom stereocenters. The first-order valence-electron chi connectivity index (χ1n) is 7.70. The maximum Gasteiger partial charge on any atom is 0.243 e. The van der Waals surface area contributed by atoms with Crippen LogP contribution in [0.3, 0.4) is 0 Å². The van der Waals surface area contributed by atoms with Crippen LogP contribution in [-0.2, 0) is 26.2 Å². The third-order valence-corrected chi connectivity index (χ3v) is 5.80. The predicted octanol–water partition coefficient (Wildman–Crippen LogP) is 1.56. The molecule has 0 N–H and O–H groups in total. The smallest absolute Gasteiger partial charge is 0.243 e. The van der Waals surface area contributed by atoms with Crippen molar-refractivity contribution in [1.29, 1.82) is 0 Å². The summed E-state index contributed by atoms with van der Waals surface area (Å²) in [5, 5.41) is 0. The van der Waals surface area contributed by atoms with Gasteiger partial charge < -0.3 is 0 Å². The van der Waals surface area contributed by atoms with Gasteiger partial charge in [0.2, 0.25) is 21.8 Å². The predicted molar refractivity (Wildman–Crippen MR) is 91.1 cm³/mol. The van der Waals surface area contributed by atoms with Gasteiger partial charge >= 0.3 is 0 Å². The first-order chi connectivity index (χ1) is 11.9. The van der Waals surface area contributed by atoms with Crippen molar-refractivity contribution in [2.24, 2.45) is 0 Å². The largest absolute Gasteiger partial charge is 0.274 e. The molecule has 0 unspecified atom stereocenters. The van der Waals surface area contributed by atoms with E-state index in [1.807, 2.05) is 0 Å². The van der Waals surface area contributed by atoms with E-state index in [0.717, 1.165) is 10.5 Å². The average molecular weight is 359 g/mol. The Labute approximate surface area is 145 Å². The fourth-order valence-electron chi connectivity index (χ4n) is 2.65. The van der Waals surface area contributed by atoms with Gasteiger partial charge in [0.1, 0.15) is 0 Å². The van der Waals surface area contributed by atoms with Crippen LogP contribution < -0.4 is 4.90 Å². The van der Waals surface area contributed by atoms with Crippen molar-refractivity contribution in [2.45, 2.75) is 24.3 Å². The number of nitrogens with zero attached hydrogens (tertiary/aromatic N) is 3. The topological polar surface area (TPSA) is 87.7 Å². The van der Waals surface area contributed by atoms with E-state index in [1.165, 1.54) is 35.6 Å². The van der Waals surface area contributed by atoms with Crippen molar-refractivity contribution in [2.75, 3.05) is 11.9 Å². The van der Waals surface area contributed by atoms with Crippen molar-refractivity contribution < 1.29 is 18.0 Å². The summed E-state index contributed by atoms with van der Waals surface area (Å²) in [4.78, 5) is 28.7. The highest BCUT2D eigenvalue weighted by molar-refractivity contribution is 7.89. The quantitative estimate of drug-likeness (QED) is 0.756. The van der Waals surface area contributed by atoms with Crippen LogP contribution in [0.15, 0.2) is 53.7 Å². The van der Waals surface area contributed by atoms with E-state index < -0.39 is 10.0 Å². The SMILES string of the molecule is CN(Cc1cccnc1)S(=O)(=O)c1ccc(N2C(=O)CCC2=O)cc1. The highest BCUT2D eigenvalue weighted by Crippen LogP contribution is 2.25. The normalized spacial score (nSPS) is 15.2. The number of aromatic nitrogens is 1. The lowest BCUT2D eigenvalue weighted by Crippen LogP contribution is -2.29. The number of carbonyl (C=O) groups excluding carboxylic acids is 2. The minimum atomic E-state index is -3.69. The molecule has 3 rings (SSSR count). The highest BCUT2D eigenvalue weighted by atomic mass is 32.2. The molecule has 1 aromatic carbocycles. The summed E-state index contributed by atoms with van der Waals surface area (Å²) in [5.41, 5.74) is 1.17. The van der Waals surface area contributed by atoms with E-state index >= 15 is 0 Å². The summed E-state index contributed by atoms with van der Waals surface area (Å²) < 4.78 is 26.5. The molecule has 1 aliphatic rings. The van der Waals surface area contributed by atoms with Gasteiger partial charge in [0.05, 0.1) is 10.6 Å². The fraction of sp³-hybridized carbons (Fsp3) is 0.235. The molecule has 2 aromatic rings. The minimum absolute atomic E-state index is 0.0988. The van der Waals surface area contributed by atoms with E-state index in [4.69, 9.17) is 0 Å². The van der Waals surface area contributed by atoms with Crippen LogP contribution in [0.25, 0.3) is 0 Å².